The molecule has 3 aromatic rings. The smallest absolute Gasteiger partial charge is 0.290 e. The summed E-state index contributed by atoms with van der Waals surface area (Å²) in [7, 11) is 1.60. The Kier molecular flexibility index (Phi) is 6.96. The summed E-state index contributed by atoms with van der Waals surface area (Å²) in [4.78, 5) is 28.9. The number of ether oxygens (including phenoxy) is 2. The van der Waals surface area contributed by atoms with Crippen LogP contribution in [0.1, 0.15) is 78.4 Å². The van der Waals surface area contributed by atoms with Gasteiger partial charge in [0, 0.05) is 6.54 Å². The van der Waals surface area contributed by atoms with E-state index in [1.807, 2.05) is 51.1 Å². The average Bonchev–Trinajstić information content (AvgIpc) is 3.08. The Morgan fingerprint density at radius 1 is 1.00 bits per heavy atom. The number of hydrogen-bond acceptors (Lipinski definition) is 5. The predicted octanol–water partition coefficient (Wildman–Crippen LogP) is 5.94. The van der Waals surface area contributed by atoms with E-state index < -0.39 is 6.04 Å². The first-order chi connectivity index (χ1) is 16.4. The van der Waals surface area contributed by atoms with E-state index in [0.29, 0.717) is 41.2 Å². The third-order valence-corrected chi connectivity index (χ3v) is 6.39. The van der Waals surface area contributed by atoms with Crippen LogP contribution in [0.15, 0.2) is 39.5 Å². The molecule has 4 rings (SSSR count). The van der Waals surface area contributed by atoms with Gasteiger partial charge >= 0.3 is 0 Å². The van der Waals surface area contributed by atoms with E-state index in [1.54, 1.807) is 12.0 Å². The number of aryl methyl sites for hydroxylation is 2. The molecule has 1 aliphatic rings. The minimum atomic E-state index is -0.535. The number of hydrogen-bond donors (Lipinski definition) is 0. The molecule has 1 amide bonds. The number of amides is 1. The normalized spacial score (nSPS) is 15.1. The number of nitrogens with zero attached hydrogens (tertiary/aromatic N) is 1. The van der Waals surface area contributed by atoms with Crippen molar-refractivity contribution in [2.45, 2.75) is 59.4 Å². The van der Waals surface area contributed by atoms with Crippen LogP contribution in [0.5, 0.6) is 11.5 Å². The van der Waals surface area contributed by atoms with Crippen LogP contribution in [0.25, 0.3) is 11.0 Å². The zero-order valence-electron chi connectivity index (χ0n) is 20.7. The molecule has 6 nitrogen and oxygen atoms in total. The van der Waals surface area contributed by atoms with Gasteiger partial charge in [-0.1, -0.05) is 38.8 Å². The molecule has 1 aliphatic heterocycles. The van der Waals surface area contributed by atoms with Gasteiger partial charge in [0.05, 0.1) is 30.7 Å². The zero-order chi connectivity index (χ0) is 24.4. The topological polar surface area (TPSA) is 69.0 Å². The molecule has 6 heteroatoms. The molecule has 0 fully saturated rings. The molecule has 180 valence electrons. The Balaban J connectivity index is 1.84. The van der Waals surface area contributed by atoms with Crippen LogP contribution >= 0.6 is 0 Å². The SMILES string of the molecule is CCCCCOc1ccc(C2c3c(oc4cc(C)cc(C)c4c3=O)C(=O)N2CCC)cc1OC. The summed E-state index contributed by atoms with van der Waals surface area (Å²) in [5.74, 6) is 1.13. The number of benzene rings is 2. The molecule has 0 saturated carbocycles. The quantitative estimate of drug-likeness (QED) is 0.367. The second-order valence-electron chi connectivity index (χ2n) is 9.00. The number of methoxy groups -OCH3 is 1. The second kappa shape index (κ2) is 9.92. The largest absolute Gasteiger partial charge is 0.493 e. The highest BCUT2D eigenvalue weighted by Crippen LogP contribution is 2.41. The fraction of sp³-hybridized carbons (Fsp3) is 0.429. The van der Waals surface area contributed by atoms with Gasteiger partial charge in [0.2, 0.25) is 5.76 Å². The van der Waals surface area contributed by atoms with Crippen molar-refractivity contribution in [3.63, 3.8) is 0 Å². The molecular weight excluding hydrogens is 430 g/mol. The summed E-state index contributed by atoms with van der Waals surface area (Å²) in [6.07, 6.45) is 3.97. The van der Waals surface area contributed by atoms with Crippen LogP contribution in [0.3, 0.4) is 0 Å². The van der Waals surface area contributed by atoms with Gasteiger partial charge in [-0.15, -0.1) is 0 Å². The lowest BCUT2D eigenvalue weighted by molar-refractivity contribution is 0.0728. The molecule has 0 aliphatic carbocycles. The fourth-order valence-electron chi connectivity index (χ4n) is 4.84. The van der Waals surface area contributed by atoms with Crippen LogP contribution in [0.2, 0.25) is 0 Å². The van der Waals surface area contributed by atoms with E-state index >= 15 is 0 Å². The van der Waals surface area contributed by atoms with E-state index in [9.17, 15) is 9.59 Å². The van der Waals surface area contributed by atoms with Crippen molar-refractivity contribution in [3.05, 3.63) is 68.6 Å². The maximum Gasteiger partial charge on any atom is 0.290 e. The molecular formula is C28H33NO5. The van der Waals surface area contributed by atoms with E-state index in [0.717, 1.165) is 42.4 Å². The Morgan fingerprint density at radius 2 is 1.79 bits per heavy atom. The lowest BCUT2D eigenvalue weighted by Gasteiger charge is -2.25. The Hall–Kier alpha value is -3.28. The minimum Gasteiger partial charge on any atom is -0.493 e. The van der Waals surface area contributed by atoms with Gasteiger partial charge in [0.1, 0.15) is 5.58 Å². The Bertz CT molecular complexity index is 1280. The second-order valence-corrected chi connectivity index (χ2v) is 9.00. The van der Waals surface area contributed by atoms with E-state index in [1.165, 1.54) is 0 Å². The fourth-order valence-corrected chi connectivity index (χ4v) is 4.84. The monoisotopic (exact) mass is 463 g/mol. The zero-order valence-corrected chi connectivity index (χ0v) is 20.7. The Labute approximate surface area is 200 Å². The molecule has 0 spiro atoms. The van der Waals surface area contributed by atoms with Gasteiger partial charge in [-0.2, -0.15) is 0 Å². The predicted molar refractivity (Wildman–Crippen MR) is 133 cm³/mol. The molecule has 1 unspecified atom stereocenters. The van der Waals surface area contributed by atoms with Gasteiger partial charge in [0.25, 0.3) is 5.91 Å². The summed E-state index contributed by atoms with van der Waals surface area (Å²) in [6, 6.07) is 8.91. The lowest BCUT2D eigenvalue weighted by atomic mass is 9.96. The van der Waals surface area contributed by atoms with Crippen molar-refractivity contribution in [2.75, 3.05) is 20.3 Å². The standard InChI is InChI=1S/C28H33NO5/c1-6-8-9-13-33-20-11-10-19(16-21(20)32-5)25-24-26(30)23-18(4)14-17(3)15-22(23)34-27(24)28(31)29(25)12-7-2/h10-11,14-16,25H,6-9,12-13H2,1-5H3. The minimum absolute atomic E-state index is 0.139. The van der Waals surface area contributed by atoms with Gasteiger partial charge in [-0.05, 0) is 61.6 Å². The lowest BCUT2D eigenvalue weighted by Crippen LogP contribution is -2.30. The molecule has 2 heterocycles. The highest BCUT2D eigenvalue weighted by Gasteiger charge is 2.42. The van der Waals surface area contributed by atoms with Crippen molar-refractivity contribution in [3.8, 4) is 11.5 Å². The van der Waals surface area contributed by atoms with Gasteiger partial charge in [0.15, 0.2) is 16.9 Å². The van der Waals surface area contributed by atoms with Crippen LogP contribution in [0, 0.1) is 13.8 Å². The van der Waals surface area contributed by atoms with Crippen molar-refractivity contribution in [2.24, 2.45) is 0 Å². The highest BCUT2D eigenvalue weighted by atomic mass is 16.5. The highest BCUT2D eigenvalue weighted by molar-refractivity contribution is 5.99. The van der Waals surface area contributed by atoms with Gasteiger partial charge in [-0.3, -0.25) is 9.59 Å². The van der Waals surface area contributed by atoms with E-state index in [-0.39, 0.29) is 17.1 Å². The number of rotatable bonds is 9. The molecule has 1 aromatic heterocycles. The number of unbranched alkanes of at least 4 members (excludes halogenated alkanes) is 2. The van der Waals surface area contributed by atoms with Crippen LogP contribution in [0.4, 0.5) is 0 Å². The maximum atomic E-state index is 13.8. The van der Waals surface area contributed by atoms with Crippen molar-refractivity contribution < 1.29 is 18.7 Å². The third kappa shape index (κ3) is 4.17. The van der Waals surface area contributed by atoms with Crippen LogP contribution < -0.4 is 14.9 Å². The average molecular weight is 464 g/mol. The van der Waals surface area contributed by atoms with Crippen molar-refractivity contribution in [1.29, 1.82) is 0 Å². The first-order valence-electron chi connectivity index (χ1n) is 12.1. The van der Waals surface area contributed by atoms with E-state index in [4.69, 9.17) is 13.9 Å². The maximum absolute atomic E-state index is 13.8. The summed E-state index contributed by atoms with van der Waals surface area (Å²) >= 11 is 0. The molecule has 0 saturated heterocycles. The Morgan fingerprint density at radius 3 is 2.50 bits per heavy atom. The molecule has 0 N–H and O–H groups in total. The molecule has 1 atom stereocenters. The van der Waals surface area contributed by atoms with Crippen molar-refractivity contribution >= 4 is 16.9 Å². The summed E-state index contributed by atoms with van der Waals surface area (Å²) < 4.78 is 17.6. The van der Waals surface area contributed by atoms with Crippen LogP contribution in [-0.2, 0) is 0 Å². The molecule has 0 bridgehead atoms. The number of carbonyl (C=O) groups is 1. The molecule has 2 aromatic carbocycles. The molecule has 0 radical (unpaired) electrons. The third-order valence-electron chi connectivity index (χ3n) is 6.39. The van der Waals surface area contributed by atoms with Gasteiger partial charge < -0.3 is 18.8 Å². The van der Waals surface area contributed by atoms with Gasteiger partial charge in [-0.25, -0.2) is 0 Å². The summed E-state index contributed by atoms with van der Waals surface area (Å²) in [5.41, 5.74) is 3.34. The first-order valence-corrected chi connectivity index (χ1v) is 12.1. The molecule has 34 heavy (non-hydrogen) atoms. The number of carbonyl (C=O) groups excluding carboxylic acids is 1. The number of fused-ring (bicyclic) bond motifs is 2. The summed E-state index contributed by atoms with van der Waals surface area (Å²) in [5, 5.41) is 0.531. The van der Waals surface area contributed by atoms with Crippen LogP contribution in [-0.4, -0.2) is 31.1 Å². The van der Waals surface area contributed by atoms with E-state index in [2.05, 4.69) is 6.92 Å². The summed E-state index contributed by atoms with van der Waals surface area (Å²) in [6.45, 7) is 9.15. The first kappa shape index (κ1) is 23.9. The van der Waals surface area contributed by atoms with Crippen molar-refractivity contribution in [1.82, 2.24) is 4.90 Å².